The third-order valence-electron chi connectivity index (χ3n) is 3.92. The van der Waals surface area contributed by atoms with Crippen LogP contribution in [0.4, 0.5) is 0 Å². The fourth-order valence-corrected chi connectivity index (χ4v) is 2.51. The van der Waals surface area contributed by atoms with Crippen LogP contribution in [0.1, 0.15) is 42.3 Å². The van der Waals surface area contributed by atoms with Gasteiger partial charge in [0.05, 0.1) is 0 Å². The summed E-state index contributed by atoms with van der Waals surface area (Å²) in [6.07, 6.45) is 2.66. The number of rotatable bonds is 5. The van der Waals surface area contributed by atoms with Crippen LogP contribution in [-0.4, -0.2) is 24.4 Å². The van der Waals surface area contributed by atoms with Crippen molar-refractivity contribution >= 4 is 35.5 Å². The highest BCUT2D eigenvalue weighted by molar-refractivity contribution is 6.32. The van der Waals surface area contributed by atoms with Crippen molar-refractivity contribution in [3.63, 3.8) is 0 Å². The van der Waals surface area contributed by atoms with E-state index in [4.69, 9.17) is 16.3 Å². The molecular weight excluding hydrogens is 378 g/mol. The van der Waals surface area contributed by atoms with Crippen molar-refractivity contribution < 1.29 is 19.1 Å². The smallest absolute Gasteiger partial charge is 0.331 e. The van der Waals surface area contributed by atoms with Crippen LogP contribution in [0.3, 0.4) is 0 Å². The summed E-state index contributed by atoms with van der Waals surface area (Å²) in [7, 11) is 0. The molecule has 0 radical (unpaired) electrons. The molecule has 0 heterocycles. The Kier molecular flexibility index (Phi) is 7.12. The number of amides is 2. The zero-order chi connectivity index (χ0) is 20.7. The van der Waals surface area contributed by atoms with Crippen LogP contribution in [0.15, 0.2) is 54.6 Å². The molecule has 0 aliphatic rings. The lowest BCUT2D eigenvalue weighted by Gasteiger charge is -2.18. The zero-order valence-electron chi connectivity index (χ0n) is 16.0. The van der Waals surface area contributed by atoms with Crippen LogP contribution in [-0.2, 0) is 19.7 Å². The van der Waals surface area contributed by atoms with Gasteiger partial charge in [0, 0.05) is 16.7 Å². The minimum absolute atomic E-state index is 0.0312. The Morgan fingerprint density at radius 2 is 1.68 bits per heavy atom. The number of nitrogens with one attached hydrogen (secondary N) is 1. The van der Waals surface area contributed by atoms with Gasteiger partial charge in [0.2, 0.25) is 0 Å². The Morgan fingerprint density at radius 3 is 2.29 bits per heavy atom. The zero-order valence-corrected chi connectivity index (χ0v) is 16.7. The summed E-state index contributed by atoms with van der Waals surface area (Å²) in [6.45, 7) is 5.65. The van der Waals surface area contributed by atoms with E-state index in [2.05, 4.69) is 26.1 Å². The molecule has 2 rings (SSSR count). The van der Waals surface area contributed by atoms with Gasteiger partial charge in [-0.15, -0.1) is 0 Å². The summed E-state index contributed by atoms with van der Waals surface area (Å²) in [6, 6.07) is 14.0. The van der Waals surface area contributed by atoms with Gasteiger partial charge in [0.1, 0.15) is 0 Å². The first kappa shape index (κ1) is 21.4. The summed E-state index contributed by atoms with van der Waals surface area (Å²) in [4.78, 5) is 35.6. The molecule has 0 fully saturated rings. The second-order valence-electron chi connectivity index (χ2n) is 7.17. The molecule has 28 heavy (non-hydrogen) atoms. The van der Waals surface area contributed by atoms with E-state index in [-0.39, 0.29) is 5.41 Å². The van der Waals surface area contributed by atoms with Gasteiger partial charge in [-0.3, -0.25) is 14.9 Å². The molecule has 1 N–H and O–H groups in total. The Hall–Kier alpha value is -2.92. The first-order valence-electron chi connectivity index (χ1n) is 8.71. The molecule has 0 unspecified atom stereocenters. The summed E-state index contributed by atoms with van der Waals surface area (Å²) in [5, 5.41) is 2.69. The summed E-state index contributed by atoms with van der Waals surface area (Å²) < 4.78 is 4.83. The minimum Gasteiger partial charge on any atom is -0.452 e. The van der Waals surface area contributed by atoms with E-state index in [1.165, 1.54) is 12.2 Å². The number of imide groups is 1. The van der Waals surface area contributed by atoms with Gasteiger partial charge in [-0.05, 0) is 40.8 Å². The van der Waals surface area contributed by atoms with Crippen LogP contribution < -0.4 is 5.32 Å². The third kappa shape index (κ3) is 6.35. The summed E-state index contributed by atoms with van der Waals surface area (Å²) >= 11 is 5.98. The number of hydrogen-bond acceptors (Lipinski definition) is 4. The van der Waals surface area contributed by atoms with Gasteiger partial charge in [0.15, 0.2) is 6.61 Å². The van der Waals surface area contributed by atoms with E-state index in [0.717, 1.165) is 5.56 Å². The Morgan fingerprint density at radius 1 is 1.04 bits per heavy atom. The second-order valence-corrected chi connectivity index (χ2v) is 7.57. The number of carbonyl (C=O) groups excluding carboxylic acids is 3. The van der Waals surface area contributed by atoms with E-state index in [1.54, 1.807) is 36.4 Å². The van der Waals surface area contributed by atoms with Gasteiger partial charge in [-0.2, -0.15) is 0 Å². The first-order chi connectivity index (χ1) is 13.2. The van der Waals surface area contributed by atoms with Crippen molar-refractivity contribution in [2.45, 2.75) is 26.2 Å². The minimum atomic E-state index is -0.711. The molecule has 6 heteroatoms. The topological polar surface area (TPSA) is 72.5 Å². The average Bonchev–Trinajstić information content (AvgIpc) is 2.65. The molecule has 0 aliphatic carbocycles. The first-order valence-corrected chi connectivity index (χ1v) is 9.09. The number of hydrogen-bond donors (Lipinski definition) is 1. The van der Waals surface area contributed by atoms with Crippen molar-refractivity contribution in [1.29, 1.82) is 0 Å². The highest BCUT2D eigenvalue weighted by atomic mass is 35.5. The van der Waals surface area contributed by atoms with Gasteiger partial charge < -0.3 is 4.74 Å². The van der Waals surface area contributed by atoms with Crippen molar-refractivity contribution in [1.82, 2.24) is 5.32 Å². The number of halogens is 1. The van der Waals surface area contributed by atoms with Crippen molar-refractivity contribution in [2.24, 2.45) is 0 Å². The van der Waals surface area contributed by atoms with Crippen LogP contribution >= 0.6 is 11.6 Å². The maximum atomic E-state index is 12.1. The lowest BCUT2D eigenvalue weighted by atomic mass is 9.87. The lowest BCUT2D eigenvalue weighted by molar-refractivity contribution is -0.143. The number of carbonyl (C=O) groups is 3. The van der Waals surface area contributed by atoms with Gasteiger partial charge in [0.25, 0.3) is 11.8 Å². The Balaban J connectivity index is 1.84. The van der Waals surface area contributed by atoms with Crippen molar-refractivity contribution in [3.05, 3.63) is 76.3 Å². The summed E-state index contributed by atoms with van der Waals surface area (Å²) in [5.74, 6) is -1.96. The van der Waals surface area contributed by atoms with Crippen molar-refractivity contribution in [3.8, 4) is 0 Å². The molecule has 2 aromatic rings. The molecule has 5 nitrogen and oxygen atoms in total. The number of benzene rings is 2. The van der Waals surface area contributed by atoms with Gasteiger partial charge >= 0.3 is 5.97 Å². The fourth-order valence-electron chi connectivity index (χ4n) is 2.31. The van der Waals surface area contributed by atoms with E-state index in [9.17, 15) is 14.4 Å². The quantitative estimate of drug-likeness (QED) is 0.605. The summed E-state index contributed by atoms with van der Waals surface area (Å²) in [5.41, 5.74) is 2.05. The van der Waals surface area contributed by atoms with E-state index < -0.39 is 24.4 Å². The lowest BCUT2D eigenvalue weighted by Crippen LogP contribution is -2.34. The average molecular weight is 400 g/mol. The third-order valence-corrected chi connectivity index (χ3v) is 4.26. The monoisotopic (exact) mass is 399 g/mol. The predicted molar refractivity (Wildman–Crippen MR) is 109 cm³/mol. The van der Waals surface area contributed by atoms with Crippen LogP contribution in [0, 0.1) is 0 Å². The molecule has 0 bridgehead atoms. The molecule has 2 aromatic carbocycles. The molecule has 0 atom stereocenters. The molecule has 0 aliphatic heterocycles. The number of ether oxygens (including phenoxy) is 1. The largest absolute Gasteiger partial charge is 0.452 e. The SMILES string of the molecule is CC(C)(C)c1ccc(C(=O)NC(=O)COC(=O)/C=C/c2ccccc2Cl)cc1. The Labute approximate surface area is 169 Å². The second kappa shape index (κ2) is 9.33. The molecular formula is C22H22ClNO4. The van der Waals surface area contributed by atoms with Gasteiger partial charge in [-0.25, -0.2) is 4.79 Å². The molecule has 0 aromatic heterocycles. The van der Waals surface area contributed by atoms with E-state index in [0.29, 0.717) is 16.1 Å². The van der Waals surface area contributed by atoms with Crippen LogP contribution in [0.25, 0.3) is 6.08 Å². The van der Waals surface area contributed by atoms with Crippen LogP contribution in [0.2, 0.25) is 5.02 Å². The van der Waals surface area contributed by atoms with Crippen LogP contribution in [0.5, 0.6) is 0 Å². The molecule has 146 valence electrons. The maximum absolute atomic E-state index is 12.1. The molecule has 2 amide bonds. The van der Waals surface area contributed by atoms with E-state index >= 15 is 0 Å². The maximum Gasteiger partial charge on any atom is 0.331 e. The fraction of sp³-hybridized carbons (Fsp3) is 0.227. The molecule has 0 spiro atoms. The number of esters is 1. The van der Waals surface area contributed by atoms with Crippen molar-refractivity contribution in [2.75, 3.05) is 6.61 Å². The van der Waals surface area contributed by atoms with Gasteiger partial charge in [-0.1, -0.05) is 62.7 Å². The standard InChI is InChI=1S/C22H22ClNO4/c1-22(2,3)17-11-8-16(9-12-17)21(27)24-19(25)14-28-20(26)13-10-15-6-4-5-7-18(15)23/h4-13H,14H2,1-3H3,(H,24,25,27)/b13-10+. The Bertz CT molecular complexity index is 895. The highest BCUT2D eigenvalue weighted by Gasteiger charge is 2.15. The highest BCUT2D eigenvalue weighted by Crippen LogP contribution is 2.22. The predicted octanol–water partition coefficient (Wildman–Crippen LogP) is 4.15. The van der Waals surface area contributed by atoms with E-state index in [1.807, 2.05) is 12.1 Å². The molecule has 0 saturated carbocycles. The normalized spacial score (nSPS) is 11.3. The molecule has 0 saturated heterocycles.